The number of hydrogen-bond donors (Lipinski definition) is 1. The van der Waals surface area contributed by atoms with E-state index >= 15 is 0 Å². The van der Waals surface area contributed by atoms with Gasteiger partial charge in [-0.25, -0.2) is 4.39 Å². The summed E-state index contributed by atoms with van der Waals surface area (Å²) < 4.78 is 14.9. The minimum absolute atomic E-state index is 0.180. The van der Waals surface area contributed by atoms with Crippen molar-refractivity contribution >= 4 is 34.1 Å². The molecule has 7 nitrogen and oxygen atoms in total. The first-order valence-electron chi connectivity index (χ1n) is 7.93. The molecule has 1 amide bonds. The SMILES string of the molecule is CCc1nnc(NC(=O)[C@H](C)Sc2nnc(-c3ccc(F)cc3)n2C)s1. The predicted molar refractivity (Wildman–Crippen MR) is 99.6 cm³/mol. The van der Waals surface area contributed by atoms with Gasteiger partial charge in [-0.15, -0.1) is 20.4 Å². The van der Waals surface area contributed by atoms with Gasteiger partial charge in [0.15, 0.2) is 11.0 Å². The molecule has 0 aliphatic heterocycles. The number of anilines is 1. The molecule has 10 heteroatoms. The third-order valence-electron chi connectivity index (χ3n) is 3.59. The van der Waals surface area contributed by atoms with E-state index in [0.29, 0.717) is 16.1 Å². The number of benzene rings is 1. The van der Waals surface area contributed by atoms with Gasteiger partial charge in [-0.3, -0.25) is 10.1 Å². The summed E-state index contributed by atoms with van der Waals surface area (Å²) in [6.45, 7) is 3.77. The molecular weight excluding hydrogens is 375 g/mol. The van der Waals surface area contributed by atoms with E-state index in [4.69, 9.17) is 0 Å². The smallest absolute Gasteiger partial charge is 0.239 e. The number of rotatable bonds is 6. The molecule has 0 saturated heterocycles. The number of nitrogens with one attached hydrogen (secondary N) is 1. The van der Waals surface area contributed by atoms with Crippen LogP contribution in [0.5, 0.6) is 0 Å². The topological polar surface area (TPSA) is 85.6 Å². The van der Waals surface area contributed by atoms with E-state index in [9.17, 15) is 9.18 Å². The number of thioether (sulfide) groups is 1. The predicted octanol–water partition coefficient (Wildman–Crippen LogP) is 3.15. The summed E-state index contributed by atoms with van der Waals surface area (Å²) in [6.07, 6.45) is 0.781. The van der Waals surface area contributed by atoms with Gasteiger partial charge in [0, 0.05) is 12.6 Å². The number of carbonyl (C=O) groups excluding carboxylic acids is 1. The van der Waals surface area contributed by atoms with Crippen LogP contribution in [0.1, 0.15) is 18.9 Å². The molecule has 0 saturated carbocycles. The molecule has 136 valence electrons. The summed E-state index contributed by atoms with van der Waals surface area (Å²) in [5, 5.41) is 20.5. The number of aryl methyl sites for hydroxylation is 1. The Kier molecular flexibility index (Phi) is 5.62. The molecule has 26 heavy (non-hydrogen) atoms. The van der Waals surface area contributed by atoms with Crippen LogP contribution < -0.4 is 5.32 Å². The molecule has 1 atom stereocenters. The number of halogens is 1. The second-order valence-corrected chi connectivity index (χ2v) is 7.85. The summed E-state index contributed by atoms with van der Waals surface area (Å²) in [5.74, 6) is 0.121. The van der Waals surface area contributed by atoms with Crippen LogP contribution in [-0.2, 0) is 18.3 Å². The molecule has 1 N–H and O–H groups in total. The van der Waals surface area contributed by atoms with E-state index < -0.39 is 5.25 Å². The molecule has 3 aromatic rings. The zero-order chi connectivity index (χ0) is 18.7. The standard InChI is InChI=1S/C16H17FN6OS2/c1-4-12-19-21-15(26-12)18-14(24)9(2)25-16-22-20-13(23(16)3)10-5-7-11(17)8-6-10/h5-9H,4H2,1-3H3,(H,18,21,24)/t9-/m0/s1. The monoisotopic (exact) mass is 392 g/mol. The fraction of sp³-hybridized carbons (Fsp3) is 0.312. The Balaban J connectivity index is 1.68. The lowest BCUT2D eigenvalue weighted by atomic mass is 10.2. The average Bonchev–Trinajstić information content (AvgIpc) is 3.23. The lowest BCUT2D eigenvalue weighted by molar-refractivity contribution is -0.115. The van der Waals surface area contributed by atoms with Crippen LogP contribution in [-0.4, -0.2) is 36.1 Å². The minimum atomic E-state index is -0.395. The van der Waals surface area contributed by atoms with E-state index in [-0.39, 0.29) is 11.7 Å². The number of hydrogen-bond acceptors (Lipinski definition) is 7. The second kappa shape index (κ2) is 7.92. The van der Waals surface area contributed by atoms with Gasteiger partial charge in [-0.05, 0) is 37.6 Å². The van der Waals surface area contributed by atoms with Crippen molar-refractivity contribution in [1.29, 1.82) is 0 Å². The quantitative estimate of drug-likeness (QED) is 0.649. The Morgan fingerprint density at radius 1 is 1.27 bits per heavy atom. The highest BCUT2D eigenvalue weighted by atomic mass is 32.2. The molecule has 0 bridgehead atoms. The van der Waals surface area contributed by atoms with Crippen LogP contribution in [0, 0.1) is 5.82 Å². The van der Waals surface area contributed by atoms with Crippen molar-refractivity contribution < 1.29 is 9.18 Å². The van der Waals surface area contributed by atoms with Crippen molar-refractivity contribution in [3.05, 3.63) is 35.1 Å². The third-order valence-corrected chi connectivity index (χ3v) is 5.71. The molecule has 2 aromatic heterocycles. The van der Waals surface area contributed by atoms with Crippen molar-refractivity contribution in [3.8, 4) is 11.4 Å². The van der Waals surface area contributed by atoms with Crippen molar-refractivity contribution in [3.63, 3.8) is 0 Å². The second-order valence-electron chi connectivity index (χ2n) is 5.48. The molecule has 0 spiro atoms. The van der Waals surface area contributed by atoms with Crippen LogP contribution in [0.3, 0.4) is 0 Å². The molecule has 0 unspecified atom stereocenters. The first-order valence-corrected chi connectivity index (χ1v) is 9.62. The number of aromatic nitrogens is 5. The molecule has 2 heterocycles. The van der Waals surface area contributed by atoms with Crippen LogP contribution in [0.25, 0.3) is 11.4 Å². The van der Waals surface area contributed by atoms with Gasteiger partial charge >= 0.3 is 0 Å². The molecule has 0 aliphatic rings. The Bertz CT molecular complexity index is 908. The lowest BCUT2D eigenvalue weighted by Gasteiger charge is -2.10. The van der Waals surface area contributed by atoms with Gasteiger partial charge in [-0.1, -0.05) is 30.0 Å². The third kappa shape index (κ3) is 4.07. The fourth-order valence-corrected chi connectivity index (χ4v) is 3.63. The van der Waals surface area contributed by atoms with Gasteiger partial charge in [-0.2, -0.15) is 0 Å². The summed E-state index contributed by atoms with van der Waals surface area (Å²) in [5.41, 5.74) is 0.756. The molecule has 3 rings (SSSR count). The van der Waals surface area contributed by atoms with Crippen molar-refractivity contribution in [1.82, 2.24) is 25.0 Å². The van der Waals surface area contributed by atoms with E-state index in [1.807, 2.05) is 14.0 Å². The van der Waals surface area contributed by atoms with Gasteiger partial charge in [0.25, 0.3) is 0 Å². The summed E-state index contributed by atoms with van der Waals surface area (Å²) in [4.78, 5) is 12.3. The number of nitrogens with zero attached hydrogens (tertiary/aromatic N) is 5. The van der Waals surface area contributed by atoms with Gasteiger partial charge < -0.3 is 4.57 Å². The minimum Gasteiger partial charge on any atom is -0.305 e. The molecule has 0 aliphatic carbocycles. The number of carbonyl (C=O) groups is 1. The van der Waals surface area contributed by atoms with Crippen LogP contribution in [0.15, 0.2) is 29.4 Å². The van der Waals surface area contributed by atoms with Gasteiger partial charge in [0.2, 0.25) is 11.0 Å². The highest BCUT2D eigenvalue weighted by Crippen LogP contribution is 2.26. The highest BCUT2D eigenvalue weighted by Gasteiger charge is 2.20. The summed E-state index contributed by atoms with van der Waals surface area (Å²) >= 11 is 2.65. The lowest BCUT2D eigenvalue weighted by Crippen LogP contribution is -2.22. The largest absolute Gasteiger partial charge is 0.305 e. The Labute approximate surface area is 158 Å². The van der Waals surface area contributed by atoms with Gasteiger partial charge in [0.1, 0.15) is 10.8 Å². The Morgan fingerprint density at radius 3 is 2.65 bits per heavy atom. The van der Waals surface area contributed by atoms with Crippen LogP contribution in [0.2, 0.25) is 0 Å². The maximum absolute atomic E-state index is 13.1. The van der Waals surface area contributed by atoms with Crippen molar-refractivity contribution in [2.45, 2.75) is 30.7 Å². The molecular formula is C16H17FN6OS2. The van der Waals surface area contributed by atoms with Crippen LogP contribution >= 0.6 is 23.1 Å². The highest BCUT2D eigenvalue weighted by molar-refractivity contribution is 8.00. The number of amides is 1. The maximum atomic E-state index is 13.1. The average molecular weight is 392 g/mol. The first kappa shape index (κ1) is 18.5. The van der Waals surface area contributed by atoms with Crippen molar-refractivity contribution in [2.24, 2.45) is 7.05 Å². The van der Waals surface area contributed by atoms with E-state index in [2.05, 4.69) is 25.7 Å². The van der Waals surface area contributed by atoms with E-state index in [1.54, 1.807) is 23.6 Å². The van der Waals surface area contributed by atoms with Gasteiger partial charge in [0.05, 0.1) is 5.25 Å². The maximum Gasteiger partial charge on any atom is 0.239 e. The molecule has 0 fully saturated rings. The van der Waals surface area contributed by atoms with Crippen LogP contribution in [0.4, 0.5) is 9.52 Å². The Hall–Kier alpha value is -2.33. The van der Waals surface area contributed by atoms with E-state index in [1.165, 1.54) is 35.2 Å². The summed E-state index contributed by atoms with van der Waals surface area (Å²) in [7, 11) is 1.81. The fourth-order valence-electron chi connectivity index (χ4n) is 2.13. The normalized spacial score (nSPS) is 12.2. The zero-order valence-corrected chi connectivity index (χ0v) is 16.1. The zero-order valence-electron chi connectivity index (χ0n) is 14.4. The Morgan fingerprint density at radius 2 is 2.00 bits per heavy atom. The molecule has 0 radical (unpaired) electrons. The summed E-state index contributed by atoms with van der Waals surface area (Å²) in [6, 6.07) is 6.04. The first-order chi connectivity index (χ1) is 12.5. The molecule has 1 aromatic carbocycles. The van der Waals surface area contributed by atoms with Crippen molar-refractivity contribution in [2.75, 3.05) is 5.32 Å². The van der Waals surface area contributed by atoms with E-state index in [0.717, 1.165) is 17.0 Å².